The number of imidazole rings is 1. The molecule has 0 aliphatic heterocycles. The summed E-state index contributed by atoms with van der Waals surface area (Å²) in [5.74, 6) is 0.000893. The quantitative estimate of drug-likeness (QED) is 0.564. The van der Waals surface area contributed by atoms with E-state index in [9.17, 15) is 4.79 Å². The van der Waals surface area contributed by atoms with Gasteiger partial charge in [0.05, 0.1) is 11.6 Å². The first-order chi connectivity index (χ1) is 7.20. The van der Waals surface area contributed by atoms with Crippen LogP contribution in [-0.4, -0.2) is 27.3 Å². The van der Waals surface area contributed by atoms with E-state index in [1.165, 1.54) is 0 Å². The van der Waals surface area contributed by atoms with Crippen molar-refractivity contribution in [1.29, 1.82) is 0 Å². The number of hydrogen-bond donors (Lipinski definition) is 2. The Balaban J connectivity index is 2.00. The van der Waals surface area contributed by atoms with Crippen molar-refractivity contribution >= 4 is 18.5 Å². The molecule has 5 heteroatoms. The summed E-state index contributed by atoms with van der Waals surface area (Å²) in [7, 11) is 0. The van der Waals surface area contributed by atoms with Crippen molar-refractivity contribution in [2.24, 2.45) is 0 Å². The summed E-state index contributed by atoms with van der Waals surface area (Å²) in [6.07, 6.45) is 7.52. The van der Waals surface area contributed by atoms with E-state index >= 15 is 0 Å². The molecule has 1 amide bonds. The summed E-state index contributed by atoms with van der Waals surface area (Å²) >= 11 is 4.04. The van der Waals surface area contributed by atoms with Crippen molar-refractivity contribution < 1.29 is 4.79 Å². The monoisotopic (exact) mass is 227 g/mol. The molecule has 4 nitrogen and oxygen atoms in total. The Kier molecular flexibility index (Phi) is 5.25. The summed E-state index contributed by atoms with van der Waals surface area (Å²) in [6, 6.07) is 0. The van der Waals surface area contributed by atoms with Gasteiger partial charge in [-0.05, 0) is 19.8 Å². The van der Waals surface area contributed by atoms with Gasteiger partial charge in [-0.15, -0.1) is 0 Å². The number of carbonyl (C=O) groups is 1. The average Bonchev–Trinajstić information content (AvgIpc) is 2.69. The van der Waals surface area contributed by atoms with E-state index in [-0.39, 0.29) is 11.2 Å². The second-order valence-corrected chi connectivity index (χ2v) is 4.25. The molecule has 0 spiro atoms. The van der Waals surface area contributed by atoms with Crippen LogP contribution in [0.25, 0.3) is 0 Å². The highest BCUT2D eigenvalue weighted by Gasteiger charge is 2.05. The summed E-state index contributed by atoms with van der Waals surface area (Å²) in [5, 5.41) is 2.60. The van der Waals surface area contributed by atoms with Gasteiger partial charge in [-0.2, -0.15) is 12.6 Å². The third kappa shape index (κ3) is 4.88. The van der Waals surface area contributed by atoms with Gasteiger partial charge >= 0.3 is 0 Å². The number of nitrogens with zero attached hydrogens (tertiary/aromatic N) is 2. The molecule has 84 valence electrons. The Bertz CT molecular complexity index is 285. The number of carbonyl (C=O) groups excluding carboxylic acids is 1. The molecule has 1 heterocycles. The second-order valence-electron chi connectivity index (χ2n) is 3.47. The Morgan fingerprint density at radius 3 is 3.00 bits per heavy atom. The normalized spacial score (nSPS) is 12.4. The number of amides is 1. The van der Waals surface area contributed by atoms with Crippen LogP contribution in [0.2, 0.25) is 0 Å². The van der Waals surface area contributed by atoms with Crippen molar-refractivity contribution in [3.05, 3.63) is 18.7 Å². The van der Waals surface area contributed by atoms with Crippen molar-refractivity contribution in [2.45, 2.75) is 31.6 Å². The molecule has 0 radical (unpaired) electrons. The number of nitrogens with one attached hydrogen (secondary N) is 1. The highest BCUT2D eigenvalue weighted by Crippen LogP contribution is 1.95. The minimum Gasteiger partial charge on any atom is -0.355 e. The van der Waals surface area contributed by atoms with Gasteiger partial charge in [0.15, 0.2) is 0 Å². The molecular formula is C10H17N3OS. The first-order valence-electron chi connectivity index (χ1n) is 5.11. The van der Waals surface area contributed by atoms with Crippen LogP contribution in [0.1, 0.15) is 19.8 Å². The molecule has 1 unspecified atom stereocenters. The maximum Gasteiger partial charge on any atom is 0.232 e. The van der Waals surface area contributed by atoms with Gasteiger partial charge in [0.25, 0.3) is 0 Å². The predicted octanol–water partition coefficient (Wildman–Crippen LogP) is 1.10. The average molecular weight is 227 g/mol. The van der Waals surface area contributed by atoms with Crippen molar-refractivity contribution in [3.63, 3.8) is 0 Å². The maximum atomic E-state index is 11.1. The van der Waals surface area contributed by atoms with Gasteiger partial charge in [-0.25, -0.2) is 4.98 Å². The Labute approximate surface area is 95.5 Å². The van der Waals surface area contributed by atoms with E-state index in [2.05, 4.69) is 22.9 Å². The number of aryl methyl sites for hydroxylation is 1. The zero-order valence-electron chi connectivity index (χ0n) is 8.89. The summed E-state index contributed by atoms with van der Waals surface area (Å²) in [5.41, 5.74) is 0. The van der Waals surface area contributed by atoms with Crippen LogP contribution in [0.5, 0.6) is 0 Å². The molecule has 1 aromatic rings. The maximum absolute atomic E-state index is 11.1. The topological polar surface area (TPSA) is 46.9 Å². The SMILES string of the molecule is CC(S)C(=O)NCCCCn1ccnc1. The number of rotatable bonds is 6. The molecule has 1 N–H and O–H groups in total. The van der Waals surface area contributed by atoms with E-state index in [4.69, 9.17) is 0 Å². The molecule has 1 aromatic heterocycles. The molecule has 1 atom stereocenters. The molecule has 0 saturated carbocycles. The van der Waals surface area contributed by atoms with Crippen LogP contribution in [0.3, 0.4) is 0 Å². The molecule has 0 aliphatic carbocycles. The minimum atomic E-state index is -0.223. The second kappa shape index (κ2) is 6.50. The zero-order chi connectivity index (χ0) is 11.1. The fourth-order valence-electron chi connectivity index (χ4n) is 1.20. The minimum absolute atomic E-state index is 0.000893. The number of unbranched alkanes of at least 4 members (excludes halogenated alkanes) is 1. The Hall–Kier alpha value is -0.970. The van der Waals surface area contributed by atoms with Crippen LogP contribution in [-0.2, 0) is 11.3 Å². The van der Waals surface area contributed by atoms with Crippen molar-refractivity contribution in [3.8, 4) is 0 Å². The lowest BCUT2D eigenvalue weighted by Gasteiger charge is -2.06. The molecule has 0 saturated heterocycles. The van der Waals surface area contributed by atoms with Gasteiger partial charge in [0.2, 0.25) is 5.91 Å². The largest absolute Gasteiger partial charge is 0.355 e. The first-order valence-corrected chi connectivity index (χ1v) is 5.63. The van der Waals surface area contributed by atoms with Gasteiger partial charge in [0, 0.05) is 25.5 Å². The van der Waals surface area contributed by atoms with Crippen LogP contribution in [0.4, 0.5) is 0 Å². The van der Waals surface area contributed by atoms with E-state index in [1.54, 1.807) is 19.4 Å². The van der Waals surface area contributed by atoms with Gasteiger partial charge < -0.3 is 9.88 Å². The van der Waals surface area contributed by atoms with Gasteiger partial charge in [0.1, 0.15) is 0 Å². The van der Waals surface area contributed by atoms with Crippen molar-refractivity contribution in [1.82, 2.24) is 14.9 Å². The van der Waals surface area contributed by atoms with E-state index in [0.29, 0.717) is 0 Å². The van der Waals surface area contributed by atoms with E-state index in [0.717, 1.165) is 25.9 Å². The highest BCUT2D eigenvalue weighted by atomic mass is 32.1. The van der Waals surface area contributed by atoms with Gasteiger partial charge in [-0.3, -0.25) is 4.79 Å². The molecule has 15 heavy (non-hydrogen) atoms. The fourth-order valence-corrected chi connectivity index (χ4v) is 1.29. The fraction of sp³-hybridized carbons (Fsp3) is 0.600. The highest BCUT2D eigenvalue weighted by molar-refractivity contribution is 7.81. The molecular weight excluding hydrogens is 210 g/mol. The standard InChI is InChI=1S/C10H17N3OS/c1-9(15)10(14)12-4-2-3-6-13-7-5-11-8-13/h5,7-9,15H,2-4,6H2,1H3,(H,12,14). The lowest BCUT2D eigenvalue weighted by Crippen LogP contribution is -2.30. The van der Waals surface area contributed by atoms with E-state index < -0.39 is 0 Å². The van der Waals surface area contributed by atoms with Crippen LogP contribution in [0, 0.1) is 0 Å². The zero-order valence-corrected chi connectivity index (χ0v) is 9.78. The first kappa shape index (κ1) is 12.1. The number of aromatic nitrogens is 2. The lowest BCUT2D eigenvalue weighted by atomic mass is 10.3. The van der Waals surface area contributed by atoms with Crippen LogP contribution >= 0.6 is 12.6 Å². The predicted molar refractivity (Wildman–Crippen MR) is 62.9 cm³/mol. The lowest BCUT2D eigenvalue weighted by molar-refractivity contribution is -0.120. The van der Waals surface area contributed by atoms with E-state index in [1.807, 2.05) is 10.8 Å². The summed E-state index contributed by atoms with van der Waals surface area (Å²) in [4.78, 5) is 15.1. The van der Waals surface area contributed by atoms with Crippen molar-refractivity contribution in [2.75, 3.05) is 6.54 Å². The molecule has 0 fully saturated rings. The summed E-state index contributed by atoms with van der Waals surface area (Å²) in [6.45, 7) is 3.44. The van der Waals surface area contributed by atoms with Crippen LogP contribution in [0.15, 0.2) is 18.7 Å². The molecule has 0 aromatic carbocycles. The number of thiol groups is 1. The van der Waals surface area contributed by atoms with Crippen LogP contribution < -0.4 is 5.32 Å². The number of hydrogen-bond acceptors (Lipinski definition) is 3. The summed E-state index contributed by atoms with van der Waals surface area (Å²) < 4.78 is 2.03. The third-order valence-corrected chi connectivity index (χ3v) is 2.32. The molecule has 0 aliphatic rings. The smallest absolute Gasteiger partial charge is 0.232 e. The molecule has 1 rings (SSSR count). The Morgan fingerprint density at radius 2 is 2.40 bits per heavy atom. The van der Waals surface area contributed by atoms with Gasteiger partial charge in [-0.1, -0.05) is 0 Å². The third-order valence-electron chi connectivity index (χ3n) is 2.08. The molecule has 0 bridgehead atoms. The Morgan fingerprint density at radius 1 is 1.60 bits per heavy atom.